The van der Waals surface area contributed by atoms with Crippen LogP contribution in [0.1, 0.15) is 43.6 Å². The fourth-order valence-corrected chi connectivity index (χ4v) is 2.98. The van der Waals surface area contributed by atoms with Crippen molar-refractivity contribution in [2.75, 3.05) is 0 Å². The fraction of sp³-hybridized carbons (Fsp3) is 0.353. The Morgan fingerprint density at radius 3 is 2.35 bits per heavy atom. The second-order valence-electron chi connectivity index (χ2n) is 5.91. The molecule has 0 spiro atoms. The smallest absolute Gasteiger partial charge is 0.106 e. The quantitative estimate of drug-likeness (QED) is 0.851. The first-order chi connectivity index (χ1) is 9.37. The molecule has 3 heteroatoms. The molecule has 1 N–H and O–H groups in total. The summed E-state index contributed by atoms with van der Waals surface area (Å²) in [6.07, 6.45) is 1.18. The van der Waals surface area contributed by atoms with Gasteiger partial charge in [-0.05, 0) is 24.1 Å². The number of aliphatic hydroxyl groups excluding tert-OH is 1. The highest BCUT2D eigenvalue weighted by Gasteiger charge is 2.17. The van der Waals surface area contributed by atoms with E-state index in [1.165, 1.54) is 0 Å². The SMILES string of the molecule is Cc1cc(SC(C)(C)C)ncc1[C@@H](O)c1ccccc1. The minimum absolute atomic E-state index is 0.138. The van der Waals surface area contributed by atoms with Crippen LogP contribution in [0.5, 0.6) is 0 Å². The molecule has 2 nitrogen and oxygen atoms in total. The highest BCUT2D eigenvalue weighted by atomic mass is 32.2. The number of hydrogen-bond donors (Lipinski definition) is 1. The zero-order valence-corrected chi connectivity index (χ0v) is 13.2. The average Bonchev–Trinajstić information content (AvgIpc) is 2.37. The van der Waals surface area contributed by atoms with Gasteiger partial charge >= 0.3 is 0 Å². The molecule has 0 saturated heterocycles. The number of benzene rings is 1. The van der Waals surface area contributed by atoms with Crippen LogP contribution in [0, 0.1) is 6.92 Å². The largest absolute Gasteiger partial charge is 0.384 e. The fourth-order valence-electron chi connectivity index (χ4n) is 2.01. The van der Waals surface area contributed by atoms with E-state index in [-0.39, 0.29) is 4.75 Å². The first-order valence-electron chi connectivity index (χ1n) is 6.75. The summed E-state index contributed by atoms with van der Waals surface area (Å²) >= 11 is 1.74. The molecule has 1 heterocycles. The molecule has 0 saturated carbocycles. The lowest BCUT2D eigenvalue weighted by Crippen LogP contribution is -2.08. The number of nitrogens with zero attached hydrogens (tertiary/aromatic N) is 1. The summed E-state index contributed by atoms with van der Waals surface area (Å²) in [4.78, 5) is 4.47. The van der Waals surface area contributed by atoms with Crippen LogP contribution >= 0.6 is 11.8 Å². The summed E-state index contributed by atoms with van der Waals surface area (Å²) in [7, 11) is 0. The maximum Gasteiger partial charge on any atom is 0.106 e. The van der Waals surface area contributed by atoms with Crippen molar-refractivity contribution >= 4 is 11.8 Å². The van der Waals surface area contributed by atoms with Gasteiger partial charge in [0.15, 0.2) is 0 Å². The van der Waals surface area contributed by atoms with E-state index >= 15 is 0 Å². The minimum atomic E-state index is -0.614. The average molecular weight is 287 g/mol. The van der Waals surface area contributed by atoms with E-state index in [2.05, 4.69) is 31.8 Å². The number of pyridine rings is 1. The maximum absolute atomic E-state index is 10.4. The van der Waals surface area contributed by atoms with Crippen LogP contribution in [-0.2, 0) is 0 Å². The molecule has 106 valence electrons. The van der Waals surface area contributed by atoms with Gasteiger partial charge in [0, 0.05) is 16.5 Å². The van der Waals surface area contributed by atoms with Crippen molar-refractivity contribution in [2.24, 2.45) is 0 Å². The van der Waals surface area contributed by atoms with E-state index < -0.39 is 6.10 Å². The Balaban J connectivity index is 2.26. The summed E-state index contributed by atoms with van der Waals surface area (Å²) in [5.41, 5.74) is 2.84. The molecule has 2 aromatic rings. The highest BCUT2D eigenvalue weighted by molar-refractivity contribution is 8.00. The molecule has 1 aromatic heterocycles. The topological polar surface area (TPSA) is 33.1 Å². The number of aryl methyl sites for hydroxylation is 1. The molecule has 0 radical (unpaired) electrons. The van der Waals surface area contributed by atoms with E-state index in [0.717, 1.165) is 21.7 Å². The van der Waals surface area contributed by atoms with Gasteiger partial charge < -0.3 is 5.11 Å². The Morgan fingerprint density at radius 2 is 1.80 bits per heavy atom. The van der Waals surface area contributed by atoms with Gasteiger partial charge in [0.1, 0.15) is 6.10 Å². The van der Waals surface area contributed by atoms with Crippen molar-refractivity contribution in [3.05, 3.63) is 59.3 Å². The lowest BCUT2D eigenvalue weighted by atomic mass is 10.00. The minimum Gasteiger partial charge on any atom is -0.384 e. The lowest BCUT2D eigenvalue weighted by Gasteiger charge is -2.19. The zero-order chi connectivity index (χ0) is 14.8. The van der Waals surface area contributed by atoms with Crippen LogP contribution in [0.25, 0.3) is 0 Å². The van der Waals surface area contributed by atoms with Gasteiger partial charge in [-0.1, -0.05) is 51.1 Å². The van der Waals surface area contributed by atoms with Crippen molar-refractivity contribution in [1.29, 1.82) is 0 Å². The Hall–Kier alpha value is -1.32. The van der Waals surface area contributed by atoms with Crippen molar-refractivity contribution in [1.82, 2.24) is 4.98 Å². The third-order valence-electron chi connectivity index (χ3n) is 2.95. The van der Waals surface area contributed by atoms with Gasteiger partial charge in [0.25, 0.3) is 0 Å². The molecule has 1 atom stereocenters. The number of hydrogen-bond acceptors (Lipinski definition) is 3. The van der Waals surface area contributed by atoms with Crippen LogP contribution < -0.4 is 0 Å². The van der Waals surface area contributed by atoms with Gasteiger partial charge in [-0.3, -0.25) is 0 Å². The van der Waals surface area contributed by atoms with Gasteiger partial charge in [-0.2, -0.15) is 0 Å². The van der Waals surface area contributed by atoms with Gasteiger partial charge in [-0.15, -0.1) is 11.8 Å². The van der Waals surface area contributed by atoms with E-state index in [1.54, 1.807) is 18.0 Å². The van der Waals surface area contributed by atoms with Crippen molar-refractivity contribution < 1.29 is 5.11 Å². The third kappa shape index (κ3) is 3.84. The predicted octanol–water partition coefficient (Wildman–Crippen LogP) is 4.36. The summed E-state index contributed by atoms with van der Waals surface area (Å²) in [6, 6.07) is 11.7. The van der Waals surface area contributed by atoms with Gasteiger partial charge in [0.05, 0.1) is 5.03 Å². The number of rotatable bonds is 3. The second kappa shape index (κ2) is 5.98. The highest BCUT2D eigenvalue weighted by Crippen LogP contribution is 2.32. The maximum atomic E-state index is 10.4. The molecule has 0 fully saturated rings. The van der Waals surface area contributed by atoms with E-state index in [9.17, 15) is 5.11 Å². The zero-order valence-electron chi connectivity index (χ0n) is 12.4. The molecule has 2 rings (SSSR count). The Bertz CT molecular complexity index is 575. The van der Waals surface area contributed by atoms with Crippen molar-refractivity contribution in [2.45, 2.75) is 43.6 Å². The summed E-state index contributed by atoms with van der Waals surface area (Å²) in [5.74, 6) is 0. The van der Waals surface area contributed by atoms with Crippen LogP contribution in [0.4, 0.5) is 0 Å². The second-order valence-corrected chi connectivity index (χ2v) is 7.75. The molecule has 0 aliphatic rings. The molecule has 20 heavy (non-hydrogen) atoms. The van der Waals surface area contributed by atoms with E-state index in [4.69, 9.17) is 0 Å². The van der Waals surface area contributed by atoms with Crippen molar-refractivity contribution in [3.63, 3.8) is 0 Å². The van der Waals surface area contributed by atoms with Crippen molar-refractivity contribution in [3.8, 4) is 0 Å². The molecule has 0 bridgehead atoms. The van der Waals surface area contributed by atoms with Crippen LogP contribution in [0.2, 0.25) is 0 Å². The van der Waals surface area contributed by atoms with Crippen LogP contribution in [0.15, 0.2) is 47.6 Å². The Labute approximate surface area is 125 Å². The monoisotopic (exact) mass is 287 g/mol. The van der Waals surface area contributed by atoms with Crippen LogP contribution in [-0.4, -0.2) is 14.8 Å². The molecule has 0 unspecified atom stereocenters. The standard InChI is InChI=1S/C17H21NOS/c1-12-10-15(20-17(2,3)4)18-11-14(12)16(19)13-8-6-5-7-9-13/h5-11,16,19H,1-4H3/t16-/m0/s1. The Morgan fingerprint density at radius 1 is 1.15 bits per heavy atom. The summed E-state index contributed by atoms with van der Waals surface area (Å²) in [5, 5.41) is 11.4. The Kier molecular flexibility index (Phi) is 4.51. The molecular formula is C17H21NOS. The molecular weight excluding hydrogens is 266 g/mol. The molecule has 0 aliphatic heterocycles. The summed E-state index contributed by atoms with van der Waals surface area (Å²) < 4.78 is 0.138. The molecule has 1 aromatic carbocycles. The number of aromatic nitrogens is 1. The molecule has 0 aliphatic carbocycles. The lowest BCUT2D eigenvalue weighted by molar-refractivity contribution is 0.219. The predicted molar refractivity (Wildman–Crippen MR) is 85.1 cm³/mol. The van der Waals surface area contributed by atoms with Crippen LogP contribution in [0.3, 0.4) is 0 Å². The third-order valence-corrected chi connectivity index (χ3v) is 3.99. The first-order valence-corrected chi connectivity index (χ1v) is 7.57. The number of thioether (sulfide) groups is 1. The molecule has 0 amide bonds. The van der Waals surface area contributed by atoms with Gasteiger partial charge in [0.2, 0.25) is 0 Å². The van der Waals surface area contributed by atoms with Gasteiger partial charge in [-0.25, -0.2) is 4.98 Å². The summed E-state index contributed by atoms with van der Waals surface area (Å²) in [6.45, 7) is 8.53. The van der Waals surface area contributed by atoms with E-state index in [1.807, 2.05) is 37.3 Å². The number of aliphatic hydroxyl groups is 1. The normalized spacial score (nSPS) is 13.2. The van der Waals surface area contributed by atoms with E-state index in [0.29, 0.717) is 0 Å². The first kappa shape index (κ1) is 15.1.